The van der Waals surface area contributed by atoms with E-state index < -0.39 is 39.5 Å². The number of phenolic OH excluding ortho intramolecular Hbond substituents is 1. The zero-order chi connectivity index (χ0) is 32.9. The molecule has 0 bridgehead atoms. The molecule has 3 saturated heterocycles. The van der Waals surface area contributed by atoms with E-state index in [1.54, 1.807) is 6.92 Å². The highest BCUT2D eigenvalue weighted by molar-refractivity contribution is 7.92. The van der Waals surface area contributed by atoms with E-state index in [-0.39, 0.29) is 58.5 Å². The first-order chi connectivity index (χ1) is 22.6. The average molecular weight is 673 g/mol. The molecule has 3 fully saturated rings. The Labute approximate surface area is 269 Å². The molecule has 0 unspecified atom stereocenters. The molecule has 2 aromatic carbocycles. The number of aromatic nitrogens is 3. The fraction of sp³-hybridized carbons (Fsp3) is 0.469. The standard InChI is InChI=1S/C32H35F3N6O5S/c1-2-22-25(34)5-4-18-10-20(42)11-23(26(18)22)28-27(35)29-24(14-37-28)30(40-47(43,44)16-21-13-36-7-9-45-21)39-31(38-29)46-17-32-6-3-8-41(32)15-19(33)12-32/h4-5,10-11,14,19,21,36,42H,2-3,6-9,12-13,15-17H2,1H3,(H,38,39,40)/t19-,21-,32+/m1/s1. The molecule has 5 heterocycles. The summed E-state index contributed by atoms with van der Waals surface area (Å²) in [6, 6.07) is 5.25. The summed E-state index contributed by atoms with van der Waals surface area (Å²) in [7, 11) is -4.06. The van der Waals surface area contributed by atoms with Crippen LogP contribution in [0.4, 0.5) is 19.0 Å². The van der Waals surface area contributed by atoms with Gasteiger partial charge in [0.25, 0.3) is 0 Å². The van der Waals surface area contributed by atoms with Crippen molar-refractivity contribution < 1.29 is 36.2 Å². The maximum Gasteiger partial charge on any atom is 0.319 e. The number of benzene rings is 2. The molecule has 7 rings (SSSR count). The molecule has 0 aliphatic carbocycles. The molecule has 15 heteroatoms. The number of hydrogen-bond donors (Lipinski definition) is 3. The normalized spacial score (nSPS) is 23.4. The van der Waals surface area contributed by atoms with Crippen molar-refractivity contribution in [3.63, 3.8) is 0 Å². The molecule has 250 valence electrons. The van der Waals surface area contributed by atoms with Crippen LogP contribution in [0, 0.1) is 11.6 Å². The van der Waals surface area contributed by atoms with Gasteiger partial charge in [0.1, 0.15) is 35.6 Å². The van der Waals surface area contributed by atoms with E-state index in [1.807, 2.05) is 4.90 Å². The number of sulfonamides is 1. The highest BCUT2D eigenvalue weighted by Crippen LogP contribution is 2.41. The summed E-state index contributed by atoms with van der Waals surface area (Å²) in [6.07, 6.45) is 1.77. The molecule has 0 radical (unpaired) electrons. The molecule has 3 aliphatic heterocycles. The summed E-state index contributed by atoms with van der Waals surface area (Å²) >= 11 is 0. The monoisotopic (exact) mass is 672 g/mol. The third-order valence-corrected chi connectivity index (χ3v) is 10.6. The fourth-order valence-corrected chi connectivity index (χ4v) is 8.44. The first kappa shape index (κ1) is 31.8. The molecule has 4 aromatic rings. The van der Waals surface area contributed by atoms with Crippen molar-refractivity contribution in [2.45, 2.75) is 50.4 Å². The number of phenols is 1. The third kappa shape index (κ3) is 6.05. The number of anilines is 1. The lowest BCUT2D eigenvalue weighted by molar-refractivity contribution is 0.0431. The van der Waals surface area contributed by atoms with E-state index in [4.69, 9.17) is 9.47 Å². The van der Waals surface area contributed by atoms with E-state index in [0.29, 0.717) is 55.4 Å². The van der Waals surface area contributed by atoms with Gasteiger partial charge in [-0.2, -0.15) is 9.97 Å². The van der Waals surface area contributed by atoms with Gasteiger partial charge in [-0.1, -0.05) is 13.0 Å². The minimum absolute atomic E-state index is 0.0303. The minimum Gasteiger partial charge on any atom is -0.508 e. The van der Waals surface area contributed by atoms with Crippen LogP contribution >= 0.6 is 0 Å². The van der Waals surface area contributed by atoms with Crippen LogP contribution in [0.15, 0.2) is 30.5 Å². The van der Waals surface area contributed by atoms with Crippen molar-refractivity contribution in [2.24, 2.45) is 0 Å². The van der Waals surface area contributed by atoms with Gasteiger partial charge in [-0.05, 0) is 60.3 Å². The Balaban J connectivity index is 1.34. The second kappa shape index (κ2) is 12.3. The van der Waals surface area contributed by atoms with Gasteiger partial charge in [-0.3, -0.25) is 14.6 Å². The highest BCUT2D eigenvalue weighted by Gasteiger charge is 2.49. The maximum atomic E-state index is 16.7. The smallest absolute Gasteiger partial charge is 0.319 e. The number of pyridine rings is 1. The first-order valence-electron chi connectivity index (χ1n) is 15.7. The third-order valence-electron chi connectivity index (χ3n) is 9.32. The summed E-state index contributed by atoms with van der Waals surface area (Å²) in [4.78, 5) is 15.0. The summed E-state index contributed by atoms with van der Waals surface area (Å²) in [6.45, 7) is 4.13. The molecular weight excluding hydrogens is 637 g/mol. The number of aryl methyl sites for hydroxylation is 1. The molecule has 3 atom stereocenters. The number of fused-ring (bicyclic) bond motifs is 3. The van der Waals surface area contributed by atoms with Crippen LogP contribution < -0.4 is 14.8 Å². The number of hydrogen-bond acceptors (Lipinski definition) is 10. The number of rotatable bonds is 9. The largest absolute Gasteiger partial charge is 0.508 e. The number of ether oxygens (including phenoxy) is 2. The lowest BCUT2D eigenvalue weighted by atomic mass is 9.94. The van der Waals surface area contributed by atoms with Crippen molar-refractivity contribution in [3.05, 3.63) is 47.7 Å². The minimum atomic E-state index is -4.06. The topological polar surface area (TPSA) is 139 Å². The van der Waals surface area contributed by atoms with Gasteiger partial charge in [0.2, 0.25) is 10.0 Å². The molecule has 47 heavy (non-hydrogen) atoms. The van der Waals surface area contributed by atoms with Crippen LogP contribution in [-0.4, -0.2) is 96.3 Å². The Morgan fingerprint density at radius 2 is 2.11 bits per heavy atom. The van der Waals surface area contributed by atoms with Gasteiger partial charge < -0.3 is 19.9 Å². The number of halogens is 3. The van der Waals surface area contributed by atoms with Crippen LogP contribution in [0.25, 0.3) is 32.9 Å². The second-order valence-corrected chi connectivity index (χ2v) is 14.2. The van der Waals surface area contributed by atoms with Crippen molar-refractivity contribution in [2.75, 3.05) is 49.9 Å². The molecule has 0 spiro atoms. The average Bonchev–Trinajstić information content (AvgIpc) is 3.56. The van der Waals surface area contributed by atoms with Gasteiger partial charge in [-0.25, -0.2) is 21.6 Å². The number of nitrogens with zero attached hydrogens (tertiary/aromatic N) is 4. The second-order valence-electron chi connectivity index (χ2n) is 12.5. The summed E-state index contributed by atoms with van der Waals surface area (Å²) < 4.78 is 86.6. The predicted molar refractivity (Wildman–Crippen MR) is 170 cm³/mol. The molecule has 11 nitrogen and oxygen atoms in total. The van der Waals surface area contributed by atoms with Crippen LogP contribution in [0.5, 0.6) is 11.8 Å². The van der Waals surface area contributed by atoms with Gasteiger partial charge in [0, 0.05) is 37.8 Å². The fourth-order valence-electron chi connectivity index (χ4n) is 7.21. The molecule has 2 aromatic heterocycles. The molecule has 0 amide bonds. The van der Waals surface area contributed by atoms with Crippen LogP contribution in [0.1, 0.15) is 31.7 Å². The zero-order valence-corrected chi connectivity index (χ0v) is 26.5. The number of nitrogens with one attached hydrogen (secondary N) is 2. The molecular formula is C32H35F3N6O5S. The number of morpholine rings is 1. The van der Waals surface area contributed by atoms with Crippen molar-refractivity contribution >= 4 is 37.5 Å². The lowest BCUT2D eigenvalue weighted by Gasteiger charge is -2.30. The van der Waals surface area contributed by atoms with Crippen molar-refractivity contribution in [1.29, 1.82) is 0 Å². The Morgan fingerprint density at radius 3 is 2.89 bits per heavy atom. The van der Waals surface area contributed by atoms with Crippen molar-refractivity contribution in [3.8, 4) is 23.0 Å². The van der Waals surface area contributed by atoms with Gasteiger partial charge in [0.05, 0.1) is 29.4 Å². The SMILES string of the molecule is CCc1c(F)ccc2cc(O)cc(-c3ncc4c(NS(=O)(=O)C[C@H]5CNCCO5)nc(OC[C@@]56CCCN5C[C@H](F)C6)nc4c3F)c12. The van der Waals surface area contributed by atoms with E-state index in [9.17, 15) is 22.3 Å². The van der Waals surface area contributed by atoms with Crippen LogP contribution in [-0.2, 0) is 21.2 Å². The molecule has 3 N–H and O–H groups in total. The molecule has 3 aliphatic rings. The summed E-state index contributed by atoms with van der Waals surface area (Å²) in [5, 5.41) is 14.4. The van der Waals surface area contributed by atoms with Gasteiger partial charge in [-0.15, -0.1) is 0 Å². The Morgan fingerprint density at radius 1 is 1.26 bits per heavy atom. The summed E-state index contributed by atoms with van der Waals surface area (Å²) in [5.41, 5.74) is -0.626. The Kier molecular flexibility index (Phi) is 8.35. The van der Waals surface area contributed by atoms with E-state index in [2.05, 4.69) is 25.0 Å². The Hall–Kier alpha value is -3.79. The van der Waals surface area contributed by atoms with E-state index in [0.717, 1.165) is 13.0 Å². The number of alkyl halides is 1. The van der Waals surface area contributed by atoms with E-state index >= 15 is 4.39 Å². The predicted octanol–water partition coefficient (Wildman–Crippen LogP) is 4.08. The quantitative estimate of drug-likeness (QED) is 0.239. The van der Waals surface area contributed by atoms with Crippen molar-refractivity contribution in [1.82, 2.24) is 25.2 Å². The van der Waals surface area contributed by atoms with Gasteiger partial charge in [0.15, 0.2) is 11.6 Å². The van der Waals surface area contributed by atoms with Crippen LogP contribution in [0.3, 0.4) is 0 Å². The van der Waals surface area contributed by atoms with Crippen LogP contribution in [0.2, 0.25) is 0 Å². The Bertz CT molecular complexity index is 1960. The van der Waals surface area contributed by atoms with E-state index in [1.165, 1.54) is 30.5 Å². The molecule has 0 saturated carbocycles. The maximum absolute atomic E-state index is 16.7. The highest BCUT2D eigenvalue weighted by atomic mass is 32.2. The summed E-state index contributed by atoms with van der Waals surface area (Å²) in [5.74, 6) is -2.23. The lowest BCUT2D eigenvalue weighted by Crippen LogP contribution is -2.43. The van der Waals surface area contributed by atoms with Gasteiger partial charge >= 0.3 is 6.01 Å². The number of aromatic hydroxyl groups is 1. The zero-order valence-electron chi connectivity index (χ0n) is 25.7. The first-order valence-corrected chi connectivity index (χ1v) is 17.4.